The number of unbranched alkanes of at least 4 members (excludes halogenated alkanes) is 1. The second kappa shape index (κ2) is 10.2. The number of Topliss-reactive ketones (excluding diaryl/α,β-unsaturated/α-hetero) is 1. The molecule has 4 N–H and O–H groups in total. The summed E-state index contributed by atoms with van der Waals surface area (Å²) in [5.41, 5.74) is 6.69. The number of aryl methyl sites for hydroxylation is 2. The topological polar surface area (TPSA) is 114 Å². The van der Waals surface area contributed by atoms with Crippen molar-refractivity contribution in [1.29, 1.82) is 0 Å². The lowest BCUT2D eigenvalue weighted by molar-refractivity contribution is 0.0950. The van der Waals surface area contributed by atoms with E-state index >= 15 is 0 Å². The van der Waals surface area contributed by atoms with Crippen molar-refractivity contribution in [3.8, 4) is 0 Å². The Bertz CT molecular complexity index is 794. The maximum atomic E-state index is 12.3. The molecular weight excluding hydrogens is 377 g/mol. The second-order valence-electron chi connectivity index (χ2n) is 7.67. The number of furan rings is 1. The van der Waals surface area contributed by atoms with Gasteiger partial charge in [-0.25, -0.2) is 0 Å². The summed E-state index contributed by atoms with van der Waals surface area (Å²) in [7, 11) is -4.05. The first-order chi connectivity index (χ1) is 13.1. The normalized spacial score (nSPS) is 14.0. The predicted molar refractivity (Wildman–Crippen MR) is 109 cm³/mol. The predicted octanol–water partition coefficient (Wildman–Crippen LogP) is 4.09. The van der Waals surface area contributed by atoms with Crippen molar-refractivity contribution in [3.63, 3.8) is 0 Å². The van der Waals surface area contributed by atoms with E-state index in [4.69, 9.17) is 19.9 Å². The summed E-state index contributed by atoms with van der Waals surface area (Å²) in [6, 6.07) is 13.7. The largest absolute Gasteiger partial charge is 0.458 e. The molecule has 0 aliphatic carbocycles. The van der Waals surface area contributed by atoms with Crippen molar-refractivity contribution >= 4 is 13.4 Å². The van der Waals surface area contributed by atoms with Gasteiger partial charge in [0.1, 0.15) is 5.76 Å². The van der Waals surface area contributed by atoms with E-state index in [1.807, 2.05) is 18.2 Å². The van der Waals surface area contributed by atoms with Gasteiger partial charge in [-0.3, -0.25) is 9.36 Å². The highest BCUT2D eigenvalue weighted by Crippen LogP contribution is 2.37. The molecule has 2 aromatic rings. The summed E-state index contributed by atoms with van der Waals surface area (Å²) in [5, 5.41) is 0. The first-order valence-corrected chi connectivity index (χ1v) is 11.4. The molecule has 2 rings (SSSR count). The highest BCUT2D eigenvalue weighted by Gasteiger charge is 2.24. The number of nitrogens with two attached hydrogens (primary N) is 1. The number of hydrogen-bond acceptors (Lipinski definition) is 4. The molecule has 28 heavy (non-hydrogen) atoms. The van der Waals surface area contributed by atoms with Gasteiger partial charge in [-0.15, -0.1) is 0 Å². The Labute approximate surface area is 166 Å². The van der Waals surface area contributed by atoms with E-state index in [1.54, 1.807) is 19.1 Å². The molecule has 0 saturated heterocycles. The molecule has 6 nitrogen and oxygen atoms in total. The monoisotopic (exact) mass is 407 g/mol. The van der Waals surface area contributed by atoms with Crippen LogP contribution in [-0.4, -0.2) is 27.3 Å². The lowest BCUT2D eigenvalue weighted by Crippen LogP contribution is -2.37. The van der Waals surface area contributed by atoms with Gasteiger partial charge in [0.2, 0.25) is 0 Å². The maximum absolute atomic E-state index is 12.3. The van der Waals surface area contributed by atoms with Crippen LogP contribution in [0.25, 0.3) is 0 Å². The van der Waals surface area contributed by atoms with Crippen molar-refractivity contribution in [2.75, 3.05) is 6.16 Å². The van der Waals surface area contributed by atoms with Gasteiger partial charge in [0.25, 0.3) is 0 Å². The molecule has 0 radical (unpaired) electrons. The fourth-order valence-corrected chi connectivity index (χ4v) is 3.78. The molecule has 1 atom stereocenters. The lowest BCUT2D eigenvalue weighted by atomic mass is 9.93. The zero-order valence-electron chi connectivity index (χ0n) is 16.3. The van der Waals surface area contributed by atoms with Gasteiger partial charge in [-0.05, 0) is 56.7 Å². The van der Waals surface area contributed by atoms with Gasteiger partial charge >= 0.3 is 7.60 Å². The first-order valence-electron chi connectivity index (χ1n) is 9.64. The zero-order chi connectivity index (χ0) is 20.6. The molecule has 1 heterocycles. The molecule has 0 aliphatic rings. The Balaban J connectivity index is 1.73. The minimum absolute atomic E-state index is 0.00341. The van der Waals surface area contributed by atoms with Crippen molar-refractivity contribution in [2.45, 2.75) is 57.4 Å². The molecule has 0 bridgehead atoms. The van der Waals surface area contributed by atoms with Gasteiger partial charge < -0.3 is 19.9 Å². The summed E-state index contributed by atoms with van der Waals surface area (Å²) in [4.78, 5) is 30.2. The highest BCUT2D eigenvalue weighted by molar-refractivity contribution is 7.51. The Morgan fingerprint density at radius 2 is 1.79 bits per heavy atom. The van der Waals surface area contributed by atoms with E-state index in [0.29, 0.717) is 30.8 Å². The molecule has 7 heteroatoms. The van der Waals surface area contributed by atoms with Crippen molar-refractivity contribution in [3.05, 3.63) is 59.5 Å². The molecule has 1 aromatic carbocycles. The Kier molecular flexibility index (Phi) is 8.20. The van der Waals surface area contributed by atoms with Crippen LogP contribution in [0.4, 0.5) is 0 Å². The molecule has 0 aliphatic heterocycles. The summed E-state index contributed by atoms with van der Waals surface area (Å²) in [6.07, 6.45) is 4.22. The molecular formula is C21H30NO5P. The van der Waals surface area contributed by atoms with Crippen LogP contribution in [0, 0.1) is 0 Å². The third-order valence-electron chi connectivity index (χ3n) is 4.82. The van der Waals surface area contributed by atoms with Gasteiger partial charge in [-0.1, -0.05) is 30.3 Å². The van der Waals surface area contributed by atoms with Crippen LogP contribution in [0.2, 0.25) is 0 Å². The first kappa shape index (κ1) is 22.6. The average molecular weight is 407 g/mol. The molecule has 154 valence electrons. The number of hydrogen-bond donors (Lipinski definition) is 3. The van der Waals surface area contributed by atoms with Crippen LogP contribution in [-0.2, 0) is 17.4 Å². The van der Waals surface area contributed by atoms with Crippen LogP contribution in [0.5, 0.6) is 0 Å². The summed E-state index contributed by atoms with van der Waals surface area (Å²) in [6.45, 7) is 1.77. The molecule has 0 spiro atoms. The fraction of sp³-hybridized carbons (Fsp3) is 0.476. The number of carbonyl (C=O) groups is 1. The quantitative estimate of drug-likeness (QED) is 0.277. The number of rotatable bonds is 12. The van der Waals surface area contributed by atoms with E-state index in [2.05, 4.69) is 12.1 Å². The number of ketones is 1. The van der Waals surface area contributed by atoms with Crippen molar-refractivity contribution in [1.82, 2.24) is 0 Å². The smallest absolute Gasteiger partial charge is 0.325 e. The molecule has 0 amide bonds. The van der Waals surface area contributed by atoms with Crippen LogP contribution >= 0.6 is 7.60 Å². The van der Waals surface area contributed by atoms with Crippen molar-refractivity contribution in [2.24, 2.45) is 5.73 Å². The van der Waals surface area contributed by atoms with Crippen LogP contribution in [0.3, 0.4) is 0 Å². The third-order valence-corrected chi connectivity index (χ3v) is 5.62. The number of carbonyl (C=O) groups excluding carboxylic acids is 1. The molecule has 0 unspecified atom stereocenters. The Morgan fingerprint density at radius 1 is 1.07 bits per heavy atom. The Morgan fingerprint density at radius 3 is 2.46 bits per heavy atom. The third kappa shape index (κ3) is 8.53. The van der Waals surface area contributed by atoms with Gasteiger partial charge in [0.05, 0.1) is 6.16 Å². The molecule has 0 fully saturated rings. The van der Waals surface area contributed by atoms with Gasteiger partial charge in [0, 0.05) is 18.4 Å². The lowest BCUT2D eigenvalue weighted by Gasteiger charge is -2.24. The van der Waals surface area contributed by atoms with Crippen LogP contribution in [0.1, 0.15) is 60.9 Å². The minimum atomic E-state index is -4.05. The van der Waals surface area contributed by atoms with E-state index < -0.39 is 13.1 Å². The Hall–Kier alpha value is -1.72. The summed E-state index contributed by atoms with van der Waals surface area (Å²) in [5.74, 6) is 1.03. The number of benzene rings is 1. The van der Waals surface area contributed by atoms with E-state index in [9.17, 15) is 9.36 Å². The van der Waals surface area contributed by atoms with E-state index in [-0.39, 0.29) is 18.4 Å². The fourth-order valence-electron chi connectivity index (χ4n) is 2.98. The van der Waals surface area contributed by atoms with E-state index in [0.717, 1.165) is 19.3 Å². The average Bonchev–Trinajstić information content (AvgIpc) is 3.12. The van der Waals surface area contributed by atoms with Crippen LogP contribution < -0.4 is 5.73 Å². The molecule has 0 saturated carbocycles. The summed E-state index contributed by atoms with van der Waals surface area (Å²) >= 11 is 0. The maximum Gasteiger partial charge on any atom is 0.325 e. The second-order valence-corrected chi connectivity index (χ2v) is 9.45. The van der Waals surface area contributed by atoms with Gasteiger partial charge in [-0.2, -0.15) is 0 Å². The van der Waals surface area contributed by atoms with E-state index in [1.165, 1.54) is 5.56 Å². The van der Waals surface area contributed by atoms with Gasteiger partial charge in [0.15, 0.2) is 11.5 Å². The summed E-state index contributed by atoms with van der Waals surface area (Å²) < 4.78 is 16.6. The van der Waals surface area contributed by atoms with Crippen molar-refractivity contribution < 1.29 is 23.6 Å². The SMILES string of the molecule is C[C@@](N)(CCc1ccc(C(=O)CCCCc2ccccc2)o1)CCP(=O)(O)O. The minimum Gasteiger partial charge on any atom is -0.458 e. The molecule has 1 aromatic heterocycles. The zero-order valence-corrected chi connectivity index (χ0v) is 17.2. The highest BCUT2D eigenvalue weighted by atomic mass is 31.2. The standard InChI is InChI=1S/C21H30NO5P/c1-21(22,15-16-28(24,25)26)14-13-18-11-12-20(27-18)19(23)10-6-5-9-17-7-3-2-4-8-17/h2-4,7-8,11-12H,5-6,9-10,13-16,22H2,1H3,(H2,24,25,26)/t21-/m1/s1. The van der Waals surface area contributed by atoms with Crippen LogP contribution in [0.15, 0.2) is 46.9 Å².